The Labute approximate surface area is 139 Å². The normalized spacial score (nSPS) is 12.6. The van der Waals surface area contributed by atoms with E-state index < -0.39 is 50.8 Å². The molecule has 0 saturated carbocycles. The molecule has 1 aromatic heterocycles. The SMILES string of the molecule is OCC(CO)(CO)OCc1cncc(COC(CO)(CO)CO)c1. The molecule has 24 heavy (non-hydrogen) atoms. The molecule has 6 N–H and O–H groups in total. The fraction of sp³-hybridized carbons (Fsp3) is 0.667. The molecule has 1 aromatic rings. The Morgan fingerprint density at radius 1 is 0.667 bits per heavy atom. The fourth-order valence-electron chi connectivity index (χ4n) is 1.75. The van der Waals surface area contributed by atoms with Crippen LogP contribution < -0.4 is 0 Å². The minimum Gasteiger partial charge on any atom is -0.393 e. The zero-order valence-electron chi connectivity index (χ0n) is 13.3. The monoisotopic (exact) mass is 347 g/mol. The quantitative estimate of drug-likeness (QED) is 0.242. The smallest absolute Gasteiger partial charge is 0.137 e. The molecular formula is C15H25NO8. The van der Waals surface area contributed by atoms with Crippen LogP contribution in [0.3, 0.4) is 0 Å². The molecule has 1 rings (SSSR count). The van der Waals surface area contributed by atoms with Crippen molar-refractivity contribution in [3.8, 4) is 0 Å². The molecule has 0 amide bonds. The summed E-state index contributed by atoms with van der Waals surface area (Å²) in [6.45, 7) is -3.25. The Morgan fingerprint density at radius 2 is 1.00 bits per heavy atom. The van der Waals surface area contributed by atoms with Crippen LogP contribution in [0.5, 0.6) is 0 Å². The molecular weight excluding hydrogens is 322 g/mol. The number of aliphatic hydroxyl groups is 6. The number of rotatable bonds is 12. The average molecular weight is 347 g/mol. The van der Waals surface area contributed by atoms with Crippen molar-refractivity contribution in [2.24, 2.45) is 0 Å². The van der Waals surface area contributed by atoms with E-state index in [0.717, 1.165) is 0 Å². The minimum absolute atomic E-state index is 0.00629. The second kappa shape index (κ2) is 9.97. The summed E-state index contributed by atoms with van der Waals surface area (Å²) in [7, 11) is 0. The molecule has 138 valence electrons. The Morgan fingerprint density at radius 3 is 1.29 bits per heavy atom. The van der Waals surface area contributed by atoms with Gasteiger partial charge in [0, 0.05) is 12.4 Å². The van der Waals surface area contributed by atoms with Crippen LogP contribution >= 0.6 is 0 Å². The lowest BCUT2D eigenvalue weighted by molar-refractivity contribution is -0.141. The molecule has 0 aliphatic heterocycles. The molecule has 0 unspecified atom stereocenters. The highest BCUT2D eigenvalue weighted by atomic mass is 16.5. The van der Waals surface area contributed by atoms with E-state index in [2.05, 4.69) is 4.98 Å². The molecule has 0 aliphatic carbocycles. The topological polar surface area (TPSA) is 153 Å². The van der Waals surface area contributed by atoms with E-state index in [0.29, 0.717) is 11.1 Å². The van der Waals surface area contributed by atoms with Crippen LogP contribution in [-0.4, -0.2) is 86.5 Å². The van der Waals surface area contributed by atoms with E-state index in [9.17, 15) is 30.6 Å². The number of pyridine rings is 1. The van der Waals surface area contributed by atoms with Crippen LogP contribution in [0.4, 0.5) is 0 Å². The third-order valence-corrected chi connectivity index (χ3v) is 3.67. The van der Waals surface area contributed by atoms with E-state index in [4.69, 9.17) is 9.47 Å². The third-order valence-electron chi connectivity index (χ3n) is 3.67. The van der Waals surface area contributed by atoms with Gasteiger partial charge in [0.05, 0.1) is 52.9 Å². The van der Waals surface area contributed by atoms with E-state index in [1.165, 1.54) is 12.4 Å². The minimum atomic E-state index is -1.44. The van der Waals surface area contributed by atoms with Gasteiger partial charge in [0.25, 0.3) is 0 Å². The zero-order chi connectivity index (χ0) is 18.1. The van der Waals surface area contributed by atoms with E-state index in [1.807, 2.05) is 0 Å². The summed E-state index contributed by atoms with van der Waals surface area (Å²) in [4.78, 5) is 4.01. The van der Waals surface area contributed by atoms with Gasteiger partial charge < -0.3 is 40.1 Å². The maximum absolute atomic E-state index is 9.21. The van der Waals surface area contributed by atoms with E-state index in [1.54, 1.807) is 6.07 Å². The van der Waals surface area contributed by atoms with Crippen LogP contribution in [0.15, 0.2) is 18.5 Å². The van der Waals surface area contributed by atoms with Gasteiger partial charge in [-0.25, -0.2) is 0 Å². The lowest BCUT2D eigenvalue weighted by Gasteiger charge is -2.28. The number of nitrogens with zero attached hydrogens (tertiary/aromatic N) is 1. The highest BCUT2D eigenvalue weighted by Crippen LogP contribution is 2.16. The van der Waals surface area contributed by atoms with Gasteiger partial charge in [-0.3, -0.25) is 4.98 Å². The largest absolute Gasteiger partial charge is 0.393 e. The third kappa shape index (κ3) is 5.43. The van der Waals surface area contributed by atoms with Crippen molar-refractivity contribution in [3.63, 3.8) is 0 Å². The van der Waals surface area contributed by atoms with E-state index >= 15 is 0 Å². The average Bonchev–Trinajstić information content (AvgIpc) is 2.65. The number of hydrogen-bond acceptors (Lipinski definition) is 9. The first-order valence-electron chi connectivity index (χ1n) is 7.38. The first kappa shape index (κ1) is 20.9. The molecule has 0 saturated heterocycles. The maximum Gasteiger partial charge on any atom is 0.137 e. The van der Waals surface area contributed by atoms with Gasteiger partial charge in [-0.2, -0.15) is 0 Å². The van der Waals surface area contributed by atoms with Crippen molar-refractivity contribution in [1.82, 2.24) is 4.98 Å². The summed E-state index contributed by atoms with van der Waals surface area (Å²) in [6.07, 6.45) is 3.02. The Hall–Kier alpha value is -1.17. The molecule has 0 radical (unpaired) electrons. The van der Waals surface area contributed by atoms with E-state index in [-0.39, 0.29) is 13.2 Å². The molecule has 0 fully saturated rings. The summed E-state index contributed by atoms with van der Waals surface area (Å²) >= 11 is 0. The van der Waals surface area contributed by atoms with Crippen LogP contribution in [0.2, 0.25) is 0 Å². The van der Waals surface area contributed by atoms with Crippen LogP contribution in [-0.2, 0) is 22.7 Å². The Bertz CT molecular complexity index is 421. The fourth-order valence-corrected chi connectivity index (χ4v) is 1.75. The molecule has 0 aromatic carbocycles. The highest BCUT2D eigenvalue weighted by molar-refractivity contribution is 5.17. The van der Waals surface area contributed by atoms with Crippen molar-refractivity contribution in [3.05, 3.63) is 29.6 Å². The summed E-state index contributed by atoms with van der Waals surface area (Å²) in [5, 5.41) is 55.3. The summed E-state index contributed by atoms with van der Waals surface area (Å²) < 4.78 is 10.8. The lowest BCUT2D eigenvalue weighted by atomic mass is 10.1. The van der Waals surface area contributed by atoms with Gasteiger partial charge >= 0.3 is 0 Å². The first-order chi connectivity index (χ1) is 11.5. The molecule has 0 atom stereocenters. The van der Waals surface area contributed by atoms with Gasteiger partial charge in [-0.05, 0) is 17.2 Å². The number of aliphatic hydroxyl groups excluding tert-OH is 6. The molecule has 9 nitrogen and oxygen atoms in total. The number of hydrogen-bond donors (Lipinski definition) is 6. The maximum atomic E-state index is 9.21. The second-order valence-corrected chi connectivity index (χ2v) is 5.59. The van der Waals surface area contributed by atoms with Crippen molar-refractivity contribution < 1.29 is 40.1 Å². The molecule has 0 spiro atoms. The number of ether oxygens (including phenoxy) is 2. The molecule has 9 heteroatoms. The van der Waals surface area contributed by atoms with Crippen molar-refractivity contribution in [2.45, 2.75) is 24.4 Å². The summed E-state index contributed by atoms with van der Waals surface area (Å²) in [5.74, 6) is 0. The predicted molar refractivity (Wildman–Crippen MR) is 81.8 cm³/mol. The number of aromatic nitrogens is 1. The van der Waals surface area contributed by atoms with Crippen molar-refractivity contribution >= 4 is 0 Å². The molecule has 0 aliphatic rings. The Kier molecular flexibility index (Phi) is 8.67. The predicted octanol–water partition coefficient (Wildman–Crippen LogP) is -2.45. The van der Waals surface area contributed by atoms with Gasteiger partial charge in [-0.1, -0.05) is 0 Å². The summed E-state index contributed by atoms with van der Waals surface area (Å²) in [5.41, 5.74) is -1.66. The van der Waals surface area contributed by atoms with Gasteiger partial charge in [-0.15, -0.1) is 0 Å². The standard InChI is InChI=1S/C15H25NO8/c17-6-14(7-18,8-19)23-4-12-1-13(3-16-2-12)5-24-15(9-20,10-21)11-22/h1-3,17-22H,4-11H2. The first-order valence-corrected chi connectivity index (χ1v) is 7.38. The van der Waals surface area contributed by atoms with Gasteiger partial charge in [0.2, 0.25) is 0 Å². The van der Waals surface area contributed by atoms with Crippen molar-refractivity contribution in [1.29, 1.82) is 0 Å². The molecule has 1 heterocycles. The molecule has 0 bridgehead atoms. The highest BCUT2D eigenvalue weighted by Gasteiger charge is 2.30. The lowest BCUT2D eigenvalue weighted by Crippen LogP contribution is -2.44. The van der Waals surface area contributed by atoms with Crippen LogP contribution in [0.25, 0.3) is 0 Å². The Balaban J connectivity index is 2.70. The van der Waals surface area contributed by atoms with Gasteiger partial charge in [0.15, 0.2) is 0 Å². The summed E-state index contributed by atoms with van der Waals surface area (Å²) in [6, 6.07) is 1.68. The van der Waals surface area contributed by atoms with Gasteiger partial charge in [0.1, 0.15) is 11.2 Å². The van der Waals surface area contributed by atoms with Crippen molar-refractivity contribution in [2.75, 3.05) is 39.6 Å². The van der Waals surface area contributed by atoms with Crippen LogP contribution in [0, 0.1) is 0 Å². The van der Waals surface area contributed by atoms with Crippen LogP contribution in [0.1, 0.15) is 11.1 Å². The second-order valence-electron chi connectivity index (χ2n) is 5.59. The zero-order valence-corrected chi connectivity index (χ0v) is 13.3.